The third-order valence-electron chi connectivity index (χ3n) is 8.79. The monoisotopic (exact) mass is 559 g/mol. The standard InChI is InChI=1S/C29H40F3N7O/c1-5-19-15-20(39-17-21-7-8-22(18-39)37(21)4)9-10-24(19)35-27-34-16-23(29(30,31)32)25(36-27)33-12-6-13-38-14-11-28(2,3)26(38)40/h9-10,15-16,21-22H,5-8,11-14,17-18H2,1-4H3,(H2,33,34,35,36)/t21-,22+. The number of likely N-dealkylation sites (tertiary alicyclic amines) is 1. The minimum Gasteiger partial charge on any atom is -0.369 e. The van der Waals surface area contributed by atoms with Crippen LogP contribution >= 0.6 is 0 Å². The SMILES string of the molecule is CCc1cc(N2C[C@H]3CC[C@@H](C2)N3C)ccc1Nc1ncc(C(F)(F)F)c(NCCCN2CCC(C)(C)C2=O)n1. The summed E-state index contributed by atoms with van der Waals surface area (Å²) in [7, 11) is 2.21. The lowest BCUT2D eigenvalue weighted by molar-refractivity contribution is -0.137. The number of halogens is 3. The molecule has 5 rings (SSSR count). The van der Waals surface area contributed by atoms with Gasteiger partial charge in [0, 0.05) is 67.8 Å². The number of likely N-dealkylation sites (N-methyl/N-ethyl adjacent to an activating group) is 1. The summed E-state index contributed by atoms with van der Waals surface area (Å²) in [5.41, 5.74) is 1.73. The molecule has 0 saturated carbocycles. The van der Waals surface area contributed by atoms with Crippen LogP contribution in [0.3, 0.4) is 0 Å². The number of hydrogen-bond acceptors (Lipinski definition) is 7. The van der Waals surface area contributed by atoms with Crippen LogP contribution in [0.25, 0.3) is 0 Å². The third-order valence-corrected chi connectivity index (χ3v) is 8.79. The highest BCUT2D eigenvalue weighted by Gasteiger charge is 2.39. The number of benzene rings is 1. The Balaban J connectivity index is 1.27. The average molecular weight is 560 g/mol. The van der Waals surface area contributed by atoms with E-state index in [0.29, 0.717) is 31.6 Å². The Morgan fingerprint density at radius 3 is 2.50 bits per heavy atom. The van der Waals surface area contributed by atoms with E-state index in [9.17, 15) is 18.0 Å². The lowest BCUT2D eigenvalue weighted by atomic mass is 9.92. The van der Waals surface area contributed by atoms with Crippen molar-refractivity contribution in [3.8, 4) is 0 Å². The molecule has 3 fully saturated rings. The second-order valence-electron chi connectivity index (χ2n) is 11.9. The molecule has 3 aliphatic heterocycles. The van der Waals surface area contributed by atoms with Crippen molar-refractivity contribution >= 4 is 29.0 Å². The van der Waals surface area contributed by atoms with Gasteiger partial charge in [-0.2, -0.15) is 18.2 Å². The van der Waals surface area contributed by atoms with Gasteiger partial charge in [-0.3, -0.25) is 9.69 Å². The lowest BCUT2D eigenvalue weighted by Crippen LogP contribution is -2.52. The molecule has 218 valence electrons. The van der Waals surface area contributed by atoms with Crippen LogP contribution in [0.15, 0.2) is 24.4 Å². The maximum absolute atomic E-state index is 13.7. The van der Waals surface area contributed by atoms with Crippen LogP contribution in [0.2, 0.25) is 0 Å². The molecule has 2 bridgehead atoms. The second-order valence-corrected chi connectivity index (χ2v) is 11.9. The van der Waals surface area contributed by atoms with Crippen molar-refractivity contribution in [3.63, 3.8) is 0 Å². The van der Waals surface area contributed by atoms with E-state index < -0.39 is 11.7 Å². The third kappa shape index (κ3) is 5.84. The van der Waals surface area contributed by atoms with Gasteiger partial charge in [0.2, 0.25) is 11.9 Å². The largest absolute Gasteiger partial charge is 0.421 e. The van der Waals surface area contributed by atoms with Crippen LogP contribution in [0.5, 0.6) is 0 Å². The van der Waals surface area contributed by atoms with Crippen molar-refractivity contribution < 1.29 is 18.0 Å². The van der Waals surface area contributed by atoms with E-state index in [2.05, 4.69) is 56.5 Å². The normalized spacial score (nSPS) is 22.7. The summed E-state index contributed by atoms with van der Waals surface area (Å²) >= 11 is 0. The zero-order valence-electron chi connectivity index (χ0n) is 23.8. The molecule has 1 aromatic carbocycles. The molecule has 2 atom stereocenters. The van der Waals surface area contributed by atoms with E-state index in [1.54, 1.807) is 4.90 Å². The quantitative estimate of drug-likeness (QED) is 0.412. The molecule has 0 radical (unpaired) electrons. The Labute approximate surface area is 234 Å². The highest BCUT2D eigenvalue weighted by atomic mass is 19.4. The molecular formula is C29H40F3N7O. The van der Waals surface area contributed by atoms with Gasteiger partial charge in [-0.1, -0.05) is 20.8 Å². The summed E-state index contributed by atoms with van der Waals surface area (Å²) < 4.78 is 41.2. The first-order chi connectivity index (χ1) is 19.0. The highest BCUT2D eigenvalue weighted by molar-refractivity contribution is 5.84. The predicted octanol–water partition coefficient (Wildman–Crippen LogP) is 5.14. The van der Waals surface area contributed by atoms with E-state index in [0.717, 1.165) is 43.4 Å². The first-order valence-electron chi connectivity index (χ1n) is 14.3. The fraction of sp³-hybridized carbons (Fsp3) is 0.621. The van der Waals surface area contributed by atoms with Crippen LogP contribution in [0, 0.1) is 5.41 Å². The first kappa shape index (κ1) is 28.4. The van der Waals surface area contributed by atoms with Crippen molar-refractivity contribution in [1.82, 2.24) is 19.8 Å². The van der Waals surface area contributed by atoms with E-state index in [1.165, 1.54) is 18.5 Å². The predicted molar refractivity (Wildman–Crippen MR) is 151 cm³/mol. The summed E-state index contributed by atoms with van der Waals surface area (Å²) in [6.07, 6.45) is 0.756. The van der Waals surface area contributed by atoms with Crippen LogP contribution in [0.1, 0.15) is 57.6 Å². The molecule has 0 spiro atoms. The molecule has 4 heterocycles. The van der Waals surface area contributed by atoms with E-state index in [1.807, 2.05) is 19.9 Å². The minimum absolute atomic E-state index is 0.0923. The molecule has 1 aromatic heterocycles. The summed E-state index contributed by atoms with van der Waals surface area (Å²) in [6.45, 7) is 9.34. The van der Waals surface area contributed by atoms with Crippen LogP contribution in [-0.4, -0.2) is 77.5 Å². The Bertz CT molecular complexity index is 1220. The van der Waals surface area contributed by atoms with Gasteiger partial charge in [0.05, 0.1) is 0 Å². The molecule has 0 unspecified atom stereocenters. The number of aromatic nitrogens is 2. The van der Waals surface area contributed by atoms with Gasteiger partial charge in [0.15, 0.2) is 0 Å². The lowest BCUT2D eigenvalue weighted by Gasteiger charge is -2.40. The number of rotatable bonds is 9. The number of hydrogen-bond donors (Lipinski definition) is 2. The Hall–Kier alpha value is -3.08. The Kier molecular flexibility index (Phi) is 7.87. The number of anilines is 4. The van der Waals surface area contributed by atoms with Gasteiger partial charge in [0.25, 0.3) is 0 Å². The zero-order valence-corrected chi connectivity index (χ0v) is 23.8. The number of nitrogens with zero attached hydrogens (tertiary/aromatic N) is 5. The molecule has 3 saturated heterocycles. The molecule has 3 aliphatic rings. The van der Waals surface area contributed by atoms with E-state index in [-0.39, 0.29) is 29.6 Å². The Morgan fingerprint density at radius 1 is 1.15 bits per heavy atom. The maximum Gasteiger partial charge on any atom is 0.421 e. The fourth-order valence-corrected chi connectivity index (χ4v) is 6.16. The minimum atomic E-state index is -4.59. The average Bonchev–Trinajstić information content (AvgIpc) is 3.26. The first-order valence-corrected chi connectivity index (χ1v) is 14.3. The second kappa shape index (κ2) is 11.1. The molecule has 1 amide bonds. The zero-order chi connectivity index (χ0) is 28.7. The number of aryl methyl sites for hydroxylation is 1. The van der Waals surface area contributed by atoms with E-state index >= 15 is 0 Å². The Morgan fingerprint density at radius 2 is 1.88 bits per heavy atom. The summed E-state index contributed by atoms with van der Waals surface area (Å²) in [5, 5.41) is 5.99. The highest BCUT2D eigenvalue weighted by Crippen LogP contribution is 2.36. The van der Waals surface area contributed by atoms with Gasteiger partial charge in [-0.15, -0.1) is 0 Å². The van der Waals surface area contributed by atoms with Crippen molar-refractivity contribution in [2.45, 2.75) is 71.1 Å². The summed E-state index contributed by atoms with van der Waals surface area (Å²) in [4.78, 5) is 27.3. The molecule has 2 N–H and O–H groups in total. The number of carbonyl (C=O) groups excluding carboxylic acids is 1. The smallest absolute Gasteiger partial charge is 0.369 e. The summed E-state index contributed by atoms with van der Waals surface area (Å²) in [5.74, 6) is -0.0672. The molecule has 0 aliphatic carbocycles. The number of carbonyl (C=O) groups is 1. The molecule has 8 nitrogen and oxygen atoms in total. The summed E-state index contributed by atoms with van der Waals surface area (Å²) in [6, 6.07) is 7.36. The van der Waals surface area contributed by atoms with Gasteiger partial charge in [-0.05, 0) is 62.9 Å². The fourth-order valence-electron chi connectivity index (χ4n) is 6.16. The number of nitrogens with one attached hydrogen (secondary N) is 2. The van der Waals surface area contributed by atoms with E-state index in [4.69, 9.17) is 0 Å². The molecular weight excluding hydrogens is 519 g/mol. The van der Waals surface area contributed by atoms with Crippen molar-refractivity contribution in [3.05, 3.63) is 35.5 Å². The molecule has 11 heteroatoms. The van der Waals surface area contributed by atoms with Gasteiger partial charge < -0.3 is 20.4 Å². The number of alkyl halides is 3. The van der Waals surface area contributed by atoms with Crippen molar-refractivity contribution in [2.75, 3.05) is 55.3 Å². The number of amides is 1. The van der Waals surface area contributed by atoms with Crippen LogP contribution < -0.4 is 15.5 Å². The van der Waals surface area contributed by atoms with Gasteiger partial charge >= 0.3 is 6.18 Å². The van der Waals surface area contributed by atoms with Crippen LogP contribution in [-0.2, 0) is 17.4 Å². The van der Waals surface area contributed by atoms with Crippen molar-refractivity contribution in [2.24, 2.45) is 5.41 Å². The molecule has 40 heavy (non-hydrogen) atoms. The number of fused-ring (bicyclic) bond motifs is 2. The number of piperazine rings is 1. The van der Waals surface area contributed by atoms with Gasteiger partial charge in [-0.25, -0.2) is 4.98 Å². The van der Waals surface area contributed by atoms with Crippen molar-refractivity contribution in [1.29, 1.82) is 0 Å². The van der Waals surface area contributed by atoms with Crippen LogP contribution in [0.4, 0.5) is 36.3 Å². The topological polar surface area (TPSA) is 76.6 Å². The van der Waals surface area contributed by atoms with Gasteiger partial charge in [0.1, 0.15) is 11.4 Å². The molecule has 2 aromatic rings. The maximum atomic E-state index is 13.7.